The summed E-state index contributed by atoms with van der Waals surface area (Å²) < 4.78 is 0. The zero-order valence-electron chi connectivity index (χ0n) is 12.7. The Morgan fingerprint density at radius 2 is 1.95 bits per heavy atom. The minimum atomic E-state index is 0.0735. The van der Waals surface area contributed by atoms with E-state index in [0.717, 1.165) is 12.1 Å². The number of carbonyl (C=O) groups excluding carboxylic acids is 2. The summed E-state index contributed by atoms with van der Waals surface area (Å²) in [4.78, 5) is 28.1. The maximum atomic E-state index is 12.2. The molecule has 6 heteroatoms. The lowest BCUT2D eigenvalue weighted by atomic mass is 10.2. The van der Waals surface area contributed by atoms with Gasteiger partial charge in [0.25, 0.3) is 5.91 Å². The maximum absolute atomic E-state index is 12.2. The minimum Gasteiger partial charge on any atom is -0.339 e. The molecule has 0 aliphatic carbocycles. The van der Waals surface area contributed by atoms with Crippen LogP contribution in [0.3, 0.4) is 0 Å². The van der Waals surface area contributed by atoms with Crippen molar-refractivity contribution in [1.82, 2.24) is 15.1 Å². The van der Waals surface area contributed by atoms with Crippen LogP contribution in [0.25, 0.3) is 0 Å². The highest BCUT2D eigenvalue weighted by atomic mass is 32.1. The van der Waals surface area contributed by atoms with E-state index in [0.29, 0.717) is 32.6 Å². The van der Waals surface area contributed by atoms with Crippen LogP contribution in [0.15, 0.2) is 16.8 Å². The summed E-state index contributed by atoms with van der Waals surface area (Å²) >= 11 is 1.53. The fourth-order valence-electron chi connectivity index (χ4n) is 2.54. The highest BCUT2D eigenvalue weighted by Crippen LogP contribution is 2.12. The molecular formula is C15H23N3O2S. The molecule has 0 radical (unpaired) electrons. The molecule has 1 aromatic rings. The number of nitrogens with one attached hydrogen (secondary N) is 1. The van der Waals surface area contributed by atoms with Crippen molar-refractivity contribution in [2.45, 2.75) is 26.3 Å². The molecule has 0 aromatic carbocycles. The first-order valence-corrected chi connectivity index (χ1v) is 8.38. The molecule has 2 heterocycles. The predicted molar refractivity (Wildman–Crippen MR) is 84.6 cm³/mol. The normalized spacial score (nSPS) is 16.9. The van der Waals surface area contributed by atoms with Crippen LogP contribution in [0.1, 0.15) is 30.6 Å². The molecule has 0 saturated carbocycles. The van der Waals surface area contributed by atoms with Gasteiger partial charge in [-0.15, -0.1) is 0 Å². The largest absolute Gasteiger partial charge is 0.339 e. The average Bonchev–Trinajstić information content (AvgIpc) is 3.01. The van der Waals surface area contributed by atoms with Gasteiger partial charge in [-0.2, -0.15) is 11.3 Å². The smallest absolute Gasteiger partial charge is 0.254 e. The van der Waals surface area contributed by atoms with Crippen molar-refractivity contribution in [2.24, 2.45) is 0 Å². The lowest BCUT2D eigenvalue weighted by molar-refractivity contribution is -0.133. The van der Waals surface area contributed by atoms with E-state index < -0.39 is 0 Å². The van der Waals surface area contributed by atoms with Gasteiger partial charge in [0.05, 0.1) is 5.56 Å². The van der Waals surface area contributed by atoms with Gasteiger partial charge in [-0.3, -0.25) is 9.59 Å². The van der Waals surface area contributed by atoms with E-state index >= 15 is 0 Å². The van der Waals surface area contributed by atoms with Crippen molar-refractivity contribution in [2.75, 3.05) is 32.7 Å². The summed E-state index contributed by atoms with van der Waals surface area (Å²) in [6.07, 6.45) is 0.520. The van der Waals surface area contributed by atoms with Crippen molar-refractivity contribution in [3.05, 3.63) is 22.4 Å². The topological polar surface area (TPSA) is 52.7 Å². The molecule has 1 unspecified atom stereocenters. The Morgan fingerprint density at radius 3 is 2.52 bits per heavy atom. The first-order chi connectivity index (χ1) is 10.1. The monoisotopic (exact) mass is 309 g/mol. The lowest BCUT2D eigenvalue weighted by Gasteiger charge is -2.35. The van der Waals surface area contributed by atoms with Gasteiger partial charge in [0.1, 0.15) is 0 Å². The van der Waals surface area contributed by atoms with Crippen LogP contribution in [0.4, 0.5) is 0 Å². The molecule has 1 atom stereocenters. The van der Waals surface area contributed by atoms with Crippen LogP contribution in [-0.4, -0.2) is 60.4 Å². The first kappa shape index (κ1) is 16.0. The van der Waals surface area contributed by atoms with Crippen molar-refractivity contribution in [1.29, 1.82) is 0 Å². The highest BCUT2D eigenvalue weighted by molar-refractivity contribution is 7.08. The Morgan fingerprint density at radius 1 is 1.29 bits per heavy atom. The van der Waals surface area contributed by atoms with Crippen LogP contribution in [0, 0.1) is 0 Å². The average molecular weight is 309 g/mol. The Hall–Kier alpha value is -1.40. The van der Waals surface area contributed by atoms with Crippen molar-refractivity contribution in [3.63, 3.8) is 0 Å². The molecular weight excluding hydrogens is 286 g/mol. The number of nitrogens with zero attached hydrogens (tertiary/aromatic N) is 2. The molecule has 1 aromatic heterocycles. The molecule has 2 amide bonds. The molecule has 1 fully saturated rings. The van der Waals surface area contributed by atoms with Crippen molar-refractivity contribution in [3.8, 4) is 0 Å². The van der Waals surface area contributed by atoms with Crippen molar-refractivity contribution >= 4 is 23.2 Å². The van der Waals surface area contributed by atoms with E-state index in [9.17, 15) is 9.59 Å². The van der Waals surface area contributed by atoms with Gasteiger partial charge in [0, 0.05) is 44.0 Å². The van der Waals surface area contributed by atoms with Gasteiger partial charge in [-0.25, -0.2) is 0 Å². The quantitative estimate of drug-likeness (QED) is 0.895. The number of carbonyl (C=O) groups is 2. The lowest BCUT2D eigenvalue weighted by Crippen LogP contribution is -2.51. The van der Waals surface area contributed by atoms with E-state index in [1.807, 2.05) is 40.5 Å². The number of thiophene rings is 1. The first-order valence-electron chi connectivity index (χ1n) is 7.44. The molecule has 5 nitrogen and oxygen atoms in total. The summed E-state index contributed by atoms with van der Waals surface area (Å²) in [5, 5.41) is 7.03. The zero-order chi connectivity index (χ0) is 15.2. The fourth-order valence-corrected chi connectivity index (χ4v) is 3.17. The summed E-state index contributed by atoms with van der Waals surface area (Å²) in [5.74, 6) is 0.246. The van der Waals surface area contributed by atoms with E-state index in [-0.39, 0.29) is 17.9 Å². The zero-order valence-corrected chi connectivity index (χ0v) is 13.5. The molecule has 116 valence electrons. The molecule has 21 heavy (non-hydrogen) atoms. The summed E-state index contributed by atoms with van der Waals surface area (Å²) in [5.41, 5.74) is 0.751. The molecule has 1 aliphatic heterocycles. The van der Waals surface area contributed by atoms with Crippen LogP contribution in [0.2, 0.25) is 0 Å². The van der Waals surface area contributed by atoms with Crippen LogP contribution in [0.5, 0.6) is 0 Å². The molecule has 1 N–H and O–H groups in total. The molecule has 1 aliphatic rings. The number of amides is 2. The van der Waals surface area contributed by atoms with Crippen LogP contribution < -0.4 is 5.32 Å². The third-order valence-corrected chi connectivity index (χ3v) is 4.40. The van der Waals surface area contributed by atoms with Gasteiger partial charge >= 0.3 is 0 Å². The summed E-state index contributed by atoms with van der Waals surface area (Å²) in [6, 6.07) is 2.05. The number of hydrogen-bond acceptors (Lipinski definition) is 4. The maximum Gasteiger partial charge on any atom is 0.254 e. The fraction of sp³-hybridized carbons (Fsp3) is 0.600. The standard InChI is InChI=1S/C15H23N3O2S/c1-3-16-12(2)10-14(19)17-5-7-18(8-6-17)15(20)13-4-9-21-11-13/h4,9,11-12,16H,3,5-8,10H2,1-2H3. The summed E-state index contributed by atoms with van der Waals surface area (Å²) in [6.45, 7) is 7.44. The van der Waals surface area contributed by atoms with Crippen LogP contribution >= 0.6 is 11.3 Å². The number of hydrogen-bond donors (Lipinski definition) is 1. The highest BCUT2D eigenvalue weighted by Gasteiger charge is 2.25. The molecule has 2 rings (SSSR count). The second-order valence-corrected chi connectivity index (χ2v) is 6.13. The third kappa shape index (κ3) is 4.28. The van der Waals surface area contributed by atoms with Crippen molar-refractivity contribution < 1.29 is 9.59 Å². The Bertz CT molecular complexity index is 467. The Labute approximate surface area is 129 Å². The van der Waals surface area contributed by atoms with Gasteiger partial charge < -0.3 is 15.1 Å². The van der Waals surface area contributed by atoms with Crippen LogP contribution in [-0.2, 0) is 4.79 Å². The van der Waals surface area contributed by atoms with Gasteiger partial charge in [0.2, 0.25) is 5.91 Å². The Balaban J connectivity index is 1.80. The molecule has 0 spiro atoms. The summed E-state index contributed by atoms with van der Waals surface area (Å²) in [7, 11) is 0. The number of piperazine rings is 1. The second-order valence-electron chi connectivity index (χ2n) is 5.35. The van der Waals surface area contributed by atoms with E-state index in [1.165, 1.54) is 11.3 Å². The van der Waals surface area contributed by atoms with Gasteiger partial charge in [-0.05, 0) is 24.9 Å². The van der Waals surface area contributed by atoms with Gasteiger partial charge in [-0.1, -0.05) is 6.92 Å². The number of rotatable bonds is 5. The Kier molecular flexibility index (Phi) is 5.76. The van der Waals surface area contributed by atoms with Gasteiger partial charge in [0.15, 0.2) is 0 Å². The van der Waals surface area contributed by atoms with E-state index in [2.05, 4.69) is 5.32 Å². The predicted octanol–water partition coefficient (Wildman–Crippen LogP) is 1.42. The minimum absolute atomic E-state index is 0.0735. The molecule has 1 saturated heterocycles. The van der Waals surface area contributed by atoms with E-state index in [1.54, 1.807) is 0 Å². The molecule has 0 bridgehead atoms. The van der Waals surface area contributed by atoms with E-state index in [4.69, 9.17) is 0 Å². The SMILES string of the molecule is CCNC(C)CC(=O)N1CCN(C(=O)c2ccsc2)CC1. The third-order valence-electron chi connectivity index (χ3n) is 3.72. The second kappa shape index (κ2) is 7.56.